The highest BCUT2D eigenvalue weighted by Crippen LogP contribution is 2.23. The van der Waals surface area contributed by atoms with E-state index in [0.717, 1.165) is 25.7 Å². The first-order valence-corrected chi connectivity index (χ1v) is 11.0. The molecule has 0 radical (unpaired) electrons. The first-order valence-electron chi connectivity index (χ1n) is 9.22. The van der Waals surface area contributed by atoms with Crippen LogP contribution in [0.4, 0.5) is 0 Å². The molecule has 140 valence electrons. The minimum Gasteiger partial charge on any atom is -0.356 e. The van der Waals surface area contributed by atoms with Crippen LogP contribution in [-0.4, -0.2) is 32.4 Å². The lowest BCUT2D eigenvalue weighted by Gasteiger charge is -2.19. The zero-order chi connectivity index (χ0) is 18.5. The van der Waals surface area contributed by atoms with Crippen molar-refractivity contribution in [3.8, 4) is 0 Å². The zero-order valence-corrected chi connectivity index (χ0v) is 16.5. The quantitative estimate of drug-likeness (QED) is 0.755. The van der Waals surface area contributed by atoms with Crippen LogP contribution < -0.4 is 5.32 Å². The number of benzene rings is 1. The van der Waals surface area contributed by atoms with Crippen molar-refractivity contribution in [2.75, 3.05) is 18.1 Å². The van der Waals surface area contributed by atoms with Gasteiger partial charge < -0.3 is 5.32 Å². The molecule has 1 atom stereocenters. The molecule has 5 heteroatoms. The molecule has 1 fully saturated rings. The summed E-state index contributed by atoms with van der Waals surface area (Å²) < 4.78 is 22.8. The summed E-state index contributed by atoms with van der Waals surface area (Å²) in [5.41, 5.74) is 2.63. The molecule has 1 heterocycles. The second-order valence-corrected chi connectivity index (χ2v) is 10.4. The minimum atomic E-state index is -2.79. The van der Waals surface area contributed by atoms with Crippen LogP contribution in [0.3, 0.4) is 0 Å². The van der Waals surface area contributed by atoms with Crippen molar-refractivity contribution in [2.45, 2.75) is 58.3 Å². The third-order valence-corrected chi connectivity index (χ3v) is 6.74. The Hall–Kier alpha value is -1.36. The molecule has 1 aliphatic rings. The highest BCUT2D eigenvalue weighted by atomic mass is 32.2. The number of carbonyl (C=O) groups excluding carboxylic acids is 1. The Kier molecular flexibility index (Phi) is 6.66. The molecule has 2 rings (SSSR count). The van der Waals surface area contributed by atoms with Gasteiger partial charge in [-0.15, -0.1) is 0 Å². The fourth-order valence-corrected chi connectivity index (χ4v) is 5.15. The summed E-state index contributed by atoms with van der Waals surface area (Å²) in [4.78, 5) is 11.9. The highest BCUT2D eigenvalue weighted by Gasteiger charge is 2.27. The van der Waals surface area contributed by atoms with Gasteiger partial charge in [0, 0.05) is 13.0 Å². The number of amides is 1. The number of aryl methyl sites for hydroxylation is 1. The van der Waals surface area contributed by atoms with Gasteiger partial charge >= 0.3 is 0 Å². The van der Waals surface area contributed by atoms with E-state index >= 15 is 0 Å². The van der Waals surface area contributed by atoms with Crippen LogP contribution in [-0.2, 0) is 26.5 Å². The largest absolute Gasteiger partial charge is 0.356 e. The van der Waals surface area contributed by atoms with Crippen molar-refractivity contribution < 1.29 is 13.2 Å². The van der Waals surface area contributed by atoms with E-state index in [0.29, 0.717) is 24.5 Å². The Morgan fingerprint density at radius 3 is 2.44 bits per heavy atom. The van der Waals surface area contributed by atoms with E-state index in [1.807, 2.05) is 0 Å². The molecular weight excluding hydrogens is 334 g/mol. The second kappa shape index (κ2) is 8.35. The Morgan fingerprint density at radius 1 is 1.20 bits per heavy atom. The molecule has 0 saturated carbocycles. The molecule has 1 unspecified atom stereocenters. The van der Waals surface area contributed by atoms with Crippen molar-refractivity contribution in [3.63, 3.8) is 0 Å². The summed E-state index contributed by atoms with van der Waals surface area (Å²) in [5, 5.41) is 2.94. The van der Waals surface area contributed by atoms with E-state index < -0.39 is 9.84 Å². The monoisotopic (exact) mass is 365 g/mol. The van der Waals surface area contributed by atoms with E-state index in [9.17, 15) is 13.2 Å². The minimum absolute atomic E-state index is 0.0685. The maximum atomic E-state index is 11.9. The first-order chi connectivity index (χ1) is 11.7. The topological polar surface area (TPSA) is 63.2 Å². The molecular formula is C20H31NO3S. The van der Waals surface area contributed by atoms with Crippen LogP contribution in [0.25, 0.3) is 0 Å². The van der Waals surface area contributed by atoms with E-state index in [4.69, 9.17) is 0 Å². The zero-order valence-electron chi connectivity index (χ0n) is 15.7. The van der Waals surface area contributed by atoms with Gasteiger partial charge in [-0.2, -0.15) is 0 Å². The van der Waals surface area contributed by atoms with E-state index in [1.54, 1.807) is 0 Å². The molecule has 0 aromatic heterocycles. The molecule has 0 bridgehead atoms. The smallest absolute Gasteiger partial charge is 0.220 e. The number of rotatable bonds is 7. The summed E-state index contributed by atoms with van der Waals surface area (Å²) >= 11 is 0. The highest BCUT2D eigenvalue weighted by molar-refractivity contribution is 7.91. The van der Waals surface area contributed by atoms with Gasteiger partial charge in [0.15, 0.2) is 9.84 Å². The van der Waals surface area contributed by atoms with Crippen LogP contribution in [0.1, 0.15) is 57.6 Å². The summed E-state index contributed by atoms with van der Waals surface area (Å²) in [6.45, 7) is 7.21. The Labute approximate surface area is 152 Å². The summed E-state index contributed by atoms with van der Waals surface area (Å²) in [6, 6.07) is 8.49. The maximum Gasteiger partial charge on any atom is 0.220 e. The molecule has 25 heavy (non-hydrogen) atoms. The van der Waals surface area contributed by atoms with Gasteiger partial charge in [-0.3, -0.25) is 4.79 Å². The number of carbonyl (C=O) groups is 1. The number of sulfone groups is 1. The summed E-state index contributed by atoms with van der Waals surface area (Å²) in [7, 11) is -2.79. The lowest BCUT2D eigenvalue weighted by molar-refractivity contribution is -0.121. The molecule has 1 amide bonds. The van der Waals surface area contributed by atoms with Gasteiger partial charge in [-0.25, -0.2) is 8.42 Å². The van der Waals surface area contributed by atoms with Gasteiger partial charge in [0.2, 0.25) is 5.91 Å². The molecule has 0 spiro atoms. The fourth-order valence-electron chi connectivity index (χ4n) is 3.24. The Bertz CT molecular complexity index is 672. The van der Waals surface area contributed by atoms with Gasteiger partial charge in [-0.05, 0) is 48.1 Å². The Balaban J connectivity index is 1.62. The van der Waals surface area contributed by atoms with E-state index in [1.165, 1.54) is 11.1 Å². The molecule has 1 aromatic carbocycles. The predicted molar refractivity (Wildman–Crippen MR) is 102 cm³/mol. The van der Waals surface area contributed by atoms with Gasteiger partial charge in [0.25, 0.3) is 0 Å². The Morgan fingerprint density at radius 2 is 1.88 bits per heavy atom. The van der Waals surface area contributed by atoms with Crippen LogP contribution in [0, 0.1) is 5.92 Å². The van der Waals surface area contributed by atoms with Crippen molar-refractivity contribution in [2.24, 2.45) is 5.92 Å². The van der Waals surface area contributed by atoms with Gasteiger partial charge in [0.05, 0.1) is 11.5 Å². The standard InChI is InChI=1S/C20H31NO3S/c1-20(2,3)18-9-6-16(7-10-18)8-11-19(22)21-13-4-5-17-12-14-25(23,24)15-17/h6-7,9-10,17H,4-5,8,11-15H2,1-3H3,(H,21,22). The third-order valence-electron chi connectivity index (χ3n) is 4.90. The molecule has 1 saturated heterocycles. The number of hydrogen-bond acceptors (Lipinski definition) is 3. The number of nitrogens with one attached hydrogen (secondary N) is 1. The van der Waals surface area contributed by atoms with Crippen molar-refractivity contribution in [1.29, 1.82) is 0 Å². The molecule has 1 aromatic rings. The first kappa shape index (κ1) is 20.0. The van der Waals surface area contributed by atoms with Crippen LogP contribution in [0.15, 0.2) is 24.3 Å². The maximum absolute atomic E-state index is 11.9. The summed E-state index contributed by atoms with van der Waals surface area (Å²) in [5.74, 6) is 1.01. The average molecular weight is 366 g/mol. The molecule has 4 nitrogen and oxygen atoms in total. The fraction of sp³-hybridized carbons (Fsp3) is 0.650. The molecule has 1 aliphatic heterocycles. The predicted octanol–water partition coefficient (Wildman–Crippen LogP) is 3.25. The molecule has 1 N–H and O–H groups in total. The van der Waals surface area contributed by atoms with Crippen molar-refractivity contribution >= 4 is 15.7 Å². The normalized spacial score (nSPS) is 19.7. The van der Waals surface area contributed by atoms with Crippen LogP contribution >= 0.6 is 0 Å². The average Bonchev–Trinajstić information content (AvgIpc) is 2.88. The van der Waals surface area contributed by atoms with Crippen molar-refractivity contribution in [3.05, 3.63) is 35.4 Å². The second-order valence-electron chi connectivity index (χ2n) is 8.21. The molecule has 0 aliphatic carbocycles. The number of hydrogen-bond donors (Lipinski definition) is 1. The lowest BCUT2D eigenvalue weighted by Crippen LogP contribution is -2.25. The van der Waals surface area contributed by atoms with Gasteiger partial charge in [0.1, 0.15) is 0 Å². The van der Waals surface area contributed by atoms with Crippen LogP contribution in [0.5, 0.6) is 0 Å². The van der Waals surface area contributed by atoms with Gasteiger partial charge in [-0.1, -0.05) is 45.0 Å². The third kappa shape index (κ3) is 6.81. The lowest BCUT2D eigenvalue weighted by atomic mass is 9.86. The van der Waals surface area contributed by atoms with E-state index in [-0.39, 0.29) is 17.2 Å². The summed E-state index contributed by atoms with van der Waals surface area (Å²) in [6.07, 6.45) is 3.75. The van der Waals surface area contributed by atoms with E-state index in [2.05, 4.69) is 50.4 Å². The van der Waals surface area contributed by atoms with Crippen molar-refractivity contribution in [1.82, 2.24) is 5.32 Å². The van der Waals surface area contributed by atoms with Crippen LogP contribution in [0.2, 0.25) is 0 Å². The SMILES string of the molecule is CC(C)(C)c1ccc(CCC(=O)NCCCC2CCS(=O)(=O)C2)cc1.